The summed E-state index contributed by atoms with van der Waals surface area (Å²) in [5.74, 6) is -0.406. The lowest BCUT2D eigenvalue weighted by Gasteiger charge is -2.30. The van der Waals surface area contributed by atoms with Crippen molar-refractivity contribution in [2.45, 2.75) is 37.4 Å². The fraction of sp³-hybridized carbons (Fsp3) is 0.833. The summed E-state index contributed by atoms with van der Waals surface area (Å²) in [5, 5.41) is 11.6. The normalized spacial score (nSPS) is 25.6. The van der Waals surface area contributed by atoms with Gasteiger partial charge in [0.2, 0.25) is 0 Å². The van der Waals surface area contributed by atoms with Gasteiger partial charge >= 0.3 is 12.0 Å². The fourth-order valence-corrected chi connectivity index (χ4v) is 3.72. The Bertz CT molecular complexity index is 403. The van der Waals surface area contributed by atoms with Crippen LogP contribution in [-0.4, -0.2) is 61.4 Å². The van der Waals surface area contributed by atoms with Crippen molar-refractivity contribution in [2.75, 3.05) is 18.6 Å². The summed E-state index contributed by atoms with van der Waals surface area (Å²) >= 11 is 1.49. The quantitative estimate of drug-likeness (QED) is 0.787. The zero-order valence-corrected chi connectivity index (χ0v) is 13.8. The van der Waals surface area contributed by atoms with Crippen molar-refractivity contribution < 1.29 is 18.9 Å². The summed E-state index contributed by atoms with van der Waals surface area (Å²) in [6.07, 6.45) is 1.58. The number of thioether (sulfide) groups is 1. The molecular formula is C12H22N2O4S2. The number of aliphatic carboxylic acids is 1. The van der Waals surface area contributed by atoms with E-state index < -0.39 is 28.8 Å². The molecule has 0 bridgehead atoms. The maximum Gasteiger partial charge on any atom is 0.327 e. The highest BCUT2D eigenvalue weighted by molar-refractivity contribution is 8.00. The second kappa shape index (κ2) is 7.31. The van der Waals surface area contributed by atoms with E-state index in [1.807, 2.05) is 13.8 Å². The molecule has 1 fully saturated rings. The number of nitrogens with one attached hydrogen (secondary N) is 1. The molecule has 4 unspecified atom stereocenters. The molecule has 0 aromatic carbocycles. The van der Waals surface area contributed by atoms with Gasteiger partial charge in [0.1, 0.15) is 6.04 Å². The summed E-state index contributed by atoms with van der Waals surface area (Å²) in [5.41, 5.74) is 0. The second-order valence-electron chi connectivity index (χ2n) is 5.22. The summed E-state index contributed by atoms with van der Waals surface area (Å²) in [6, 6.07) is -1.19. The van der Waals surface area contributed by atoms with E-state index in [4.69, 9.17) is 0 Å². The molecule has 0 aromatic heterocycles. The maximum atomic E-state index is 12.2. The molecule has 1 rings (SSSR count). The molecule has 0 spiro atoms. The highest BCUT2D eigenvalue weighted by Crippen LogP contribution is 2.33. The predicted molar refractivity (Wildman–Crippen MR) is 81.3 cm³/mol. The van der Waals surface area contributed by atoms with Crippen LogP contribution in [0.4, 0.5) is 4.79 Å². The van der Waals surface area contributed by atoms with Crippen LogP contribution in [0, 0.1) is 5.92 Å². The van der Waals surface area contributed by atoms with Crippen molar-refractivity contribution >= 4 is 34.6 Å². The number of hydrogen-bond acceptors (Lipinski definition) is 4. The van der Waals surface area contributed by atoms with Crippen LogP contribution >= 0.6 is 11.8 Å². The number of urea groups is 1. The van der Waals surface area contributed by atoms with Gasteiger partial charge in [0, 0.05) is 34.6 Å². The van der Waals surface area contributed by atoms with Crippen molar-refractivity contribution in [1.82, 2.24) is 10.2 Å². The largest absolute Gasteiger partial charge is 0.480 e. The van der Waals surface area contributed by atoms with Gasteiger partial charge in [-0.3, -0.25) is 9.11 Å². The molecule has 0 aliphatic carbocycles. The summed E-state index contributed by atoms with van der Waals surface area (Å²) < 4.78 is 11.3. The molecular weight excluding hydrogens is 300 g/mol. The number of rotatable bonds is 5. The van der Waals surface area contributed by atoms with Crippen LogP contribution in [0.5, 0.6) is 0 Å². The van der Waals surface area contributed by atoms with Crippen LogP contribution < -0.4 is 5.32 Å². The molecule has 4 atom stereocenters. The fourth-order valence-electron chi connectivity index (χ4n) is 1.93. The number of carboxylic acid groups (broad SMARTS) is 1. The molecule has 1 aliphatic heterocycles. The third-order valence-corrected chi connectivity index (χ3v) is 6.15. The van der Waals surface area contributed by atoms with Crippen molar-refractivity contribution in [3.05, 3.63) is 0 Å². The average molecular weight is 322 g/mol. The standard InChI is InChI=1S/C12H22N2O4S2/c1-7(2)10-14(9(6-19-10)11(15)16)12(17)13-5-8(3)20(4)18/h7-10H,5-6H2,1-4H3,(H,13,17)(H,15,16). The van der Waals surface area contributed by atoms with Gasteiger partial charge in [-0.15, -0.1) is 11.8 Å². The number of nitrogens with zero attached hydrogens (tertiary/aromatic N) is 1. The summed E-state index contributed by atoms with van der Waals surface area (Å²) in [6.45, 7) is 5.99. The average Bonchev–Trinajstić information content (AvgIpc) is 2.80. The van der Waals surface area contributed by atoms with Gasteiger partial charge in [0.15, 0.2) is 0 Å². The van der Waals surface area contributed by atoms with Gasteiger partial charge in [-0.05, 0) is 12.8 Å². The minimum atomic E-state index is -1.02. The molecule has 116 valence electrons. The molecule has 2 N–H and O–H groups in total. The van der Waals surface area contributed by atoms with Gasteiger partial charge in [-0.1, -0.05) is 13.8 Å². The number of carbonyl (C=O) groups excluding carboxylic acids is 1. The Morgan fingerprint density at radius 1 is 1.45 bits per heavy atom. The van der Waals surface area contributed by atoms with Crippen LogP contribution in [0.1, 0.15) is 20.8 Å². The number of carbonyl (C=O) groups is 2. The van der Waals surface area contributed by atoms with Gasteiger partial charge in [0.25, 0.3) is 0 Å². The molecule has 1 heterocycles. The predicted octanol–water partition coefficient (Wildman–Crippen LogP) is 0.947. The van der Waals surface area contributed by atoms with E-state index >= 15 is 0 Å². The monoisotopic (exact) mass is 322 g/mol. The van der Waals surface area contributed by atoms with E-state index in [0.29, 0.717) is 5.75 Å². The molecule has 6 nitrogen and oxygen atoms in total. The molecule has 0 radical (unpaired) electrons. The van der Waals surface area contributed by atoms with E-state index in [-0.39, 0.29) is 23.1 Å². The summed E-state index contributed by atoms with van der Waals surface area (Å²) in [7, 11) is -1.02. The van der Waals surface area contributed by atoms with Crippen LogP contribution in [0.25, 0.3) is 0 Å². The zero-order valence-electron chi connectivity index (χ0n) is 12.2. The highest BCUT2D eigenvalue weighted by Gasteiger charge is 2.42. The van der Waals surface area contributed by atoms with Crippen molar-refractivity contribution in [3.63, 3.8) is 0 Å². The lowest BCUT2D eigenvalue weighted by atomic mass is 10.2. The third kappa shape index (κ3) is 4.12. The van der Waals surface area contributed by atoms with Crippen LogP contribution in [0.15, 0.2) is 0 Å². The Morgan fingerprint density at radius 3 is 2.50 bits per heavy atom. The van der Waals surface area contributed by atoms with Gasteiger partial charge in [0.05, 0.1) is 5.37 Å². The van der Waals surface area contributed by atoms with E-state index in [1.54, 1.807) is 13.2 Å². The highest BCUT2D eigenvalue weighted by atomic mass is 32.2. The summed E-state index contributed by atoms with van der Waals surface area (Å²) in [4.78, 5) is 24.9. The van der Waals surface area contributed by atoms with E-state index in [9.17, 15) is 18.9 Å². The van der Waals surface area contributed by atoms with Crippen LogP contribution in [-0.2, 0) is 15.6 Å². The maximum absolute atomic E-state index is 12.2. The van der Waals surface area contributed by atoms with E-state index in [2.05, 4.69) is 5.32 Å². The Hall–Kier alpha value is -0.760. The minimum Gasteiger partial charge on any atom is -0.480 e. The van der Waals surface area contributed by atoms with Crippen LogP contribution in [0.3, 0.4) is 0 Å². The van der Waals surface area contributed by atoms with Crippen molar-refractivity contribution in [2.24, 2.45) is 5.92 Å². The molecule has 0 saturated carbocycles. The molecule has 8 heteroatoms. The van der Waals surface area contributed by atoms with Crippen LogP contribution in [0.2, 0.25) is 0 Å². The topological polar surface area (TPSA) is 86.7 Å². The van der Waals surface area contributed by atoms with Crippen molar-refractivity contribution in [1.29, 1.82) is 0 Å². The first-order valence-electron chi connectivity index (χ1n) is 6.48. The lowest BCUT2D eigenvalue weighted by molar-refractivity contribution is -0.141. The SMILES string of the molecule is CC(C)C1SCC(C(=O)O)N1C(=O)NCC(C)S(C)=O. The van der Waals surface area contributed by atoms with E-state index in [1.165, 1.54) is 16.7 Å². The van der Waals surface area contributed by atoms with Gasteiger partial charge in [-0.2, -0.15) is 0 Å². The van der Waals surface area contributed by atoms with Crippen molar-refractivity contribution in [3.8, 4) is 0 Å². The number of hydrogen-bond donors (Lipinski definition) is 2. The minimum absolute atomic E-state index is 0.140. The Morgan fingerprint density at radius 2 is 2.05 bits per heavy atom. The van der Waals surface area contributed by atoms with E-state index in [0.717, 1.165) is 0 Å². The second-order valence-corrected chi connectivity index (χ2v) is 8.18. The van der Waals surface area contributed by atoms with Gasteiger partial charge in [-0.25, -0.2) is 9.59 Å². The molecule has 1 aliphatic rings. The van der Waals surface area contributed by atoms with Gasteiger partial charge < -0.3 is 10.4 Å². The molecule has 0 aromatic rings. The first-order valence-corrected chi connectivity index (χ1v) is 9.15. The first-order chi connectivity index (χ1) is 9.25. The molecule has 2 amide bonds. The molecule has 1 saturated heterocycles. The Kier molecular flexibility index (Phi) is 6.32. The first kappa shape index (κ1) is 17.3. The zero-order chi connectivity index (χ0) is 15.4. The molecule has 20 heavy (non-hydrogen) atoms. The smallest absolute Gasteiger partial charge is 0.327 e. The lowest BCUT2D eigenvalue weighted by Crippen LogP contribution is -2.52. The Balaban J connectivity index is 2.74. The third-order valence-electron chi connectivity index (χ3n) is 3.23. The number of amides is 2. The number of carboxylic acids is 1. The Labute approximate surface area is 126 Å².